The molecular formula is C31H32N2O2. The first-order valence-electron chi connectivity index (χ1n) is 11.9. The number of fused-ring (bicyclic) bond motifs is 3. The molecule has 4 N–H and O–H groups in total. The van der Waals surface area contributed by atoms with E-state index in [4.69, 9.17) is 20.9 Å². The monoisotopic (exact) mass is 464 g/mol. The zero-order valence-electron chi connectivity index (χ0n) is 20.7. The molecule has 5 rings (SSSR count). The van der Waals surface area contributed by atoms with Gasteiger partial charge in [-0.15, -0.1) is 0 Å². The van der Waals surface area contributed by atoms with Gasteiger partial charge in [0.05, 0.1) is 0 Å². The summed E-state index contributed by atoms with van der Waals surface area (Å²) in [4.78, 5) is 0. The van der Waals surface area contributed by atoms with Gasteiger partial charge in [-0.25, -0.2) is 0 Å². The maximum absolute atomic E-state index is 6.80. The minimum atomic E-state index is -1.15. The normalized spacial score (nSPS) is 14.2. The molecule has 4 aromatic rings. The summed E-state index contributed by atoms with van der Waals surface area (Å²) in [7, 11) is 0. The largest absolute Gasteiger partial charge is 0.444 e. The molecule has 4 nitrogen and oxygen atoms in total. The highest BCUT2D eigenvalue weighted by molar-refractivity contribution is 5.79. The van der Waals surface area contributed by atoms with E-state index in [9.17, 15) is 0 Å². The van der Waals surface area contributed by atoms with Crippen molar-refractivity contribution in [3.63, 3.8) is 0 Å². The van der Waals surface area contributed by atoms with E-state index in [2.05, 4.69) is 24.3 Å². The Morgan fingerprint density at radius 2 is 0.857 bits per heavy atom. The van der Waals surface area contributed by atoms with Gasteiger partial charge >= 0.3 is 5.79 Å². The van der Waals surface area contributed by atoms with Crippen LogP contribution in [-0.4, -0.2) is 0 Å². The number of hydrogen-bond acceptors (Lipinski definition) is 4. The summed E-state index contributed by atoms with van der Waals surface area (Å²) in [5.41, 5.74) is 17.9. The third-order valence-electron chi connectivity index (χ3n) is 6.57. The summed E-state index contributed by atoms with van der Waals surface area (Å²) in [5.74, 6) is 0.251. The van der Waals surface area contributed by atoms with Gasteiger partial charge in [0.1, 0.15) is 11.5 Å². The van der Waals surface area contributed by atoms with Crippen molar-refractivity contribution in [3.8, 4) is 22.6 Å². The van der Waals surface area contributed by atoms with Gasteiger partial charge in [0.25, 0.3) is 0 Å². The fraction of sp³-hybridized carbons (Fsp3) is 0.226. The first-order chi connectivity index (χ1) is 16.6. The molecule has 0 amide bonds. The summed E-state index contributed by atoms with van der Waals surface area (Å²) in [6.07, 6.45) is 0. The third-order valence-corrected chi connectivity index (χ3v) is 6.57. The van der Waals surface area contributed by atoms with Crippen LogP contribution in [0.4, 0.5) is 0 Å². The summed E-state index contributed by atoms with van der Waals surface area (Å²) in [5, 5.41) is 0. The van der Waals surface area contributed by atoms with Crippen LogP contribution in [0, 0.1) is 0 Å². The molecule has 0 aromatic heterocycles. The van der Waals surface area contributed by atoms with Gasteiger partial charge in [0.2, 0.25) is 0 Å². The Morgan fingerprint density at radius 1 is 0.514 bits per heavy atom. The van der Waals surface area contributed by atoms with Crippen molar-refractivity contribution in [1.82, 2.24) is 0 Å². The van der Waals surface area contributed by atoms with Crippen molar-refractivity contribution in [3.05, 3.63) is 119 Å². The van der Waals surface area contributed by atoms with Crippen LogP contribution < -0.4 is 20.9 Å². The van der Waals surface area contributed by atoms with Crippen LogP contribution in [0.25, 0.3) is 11.1 Å². The van der Waals surface area contributed by atoms with Crippen LogP contribution in [0.1, 0.15) is 49.9 Å². The molecular weight excluding hydrogens is 432 g/mol. The molecule has 0 fully saturated rings. The quantitative estimate of drug-likeness (QED) is 0.323. The van der Waals surface area contributed by atoms with E-state index >= 15 is 0 Å². The van der Waals surface area contributed by atoms with Crippen LogP contribution in [-0.2, 0) is 16.9 Å². The van der Waals surface area contributed by atoms with Crippen molar-refractivity contribution in [2.75, 3.05) is 0 Å². The van der Waals surface area contributed by atoms with E-state index in [1.165, 1.54) is 0 Å². The zero-order valence-corrected chi connectivity index (χ0v) is 20.7. The maximum Gasteiger partial charge on any atom is 0.306 e. The van der Waals surface area contributed by atoms with Crippen LogP contribution >= 0.6 is 0 Å². The SMILES string of the molecule is CC(C)(N)c1ccc(OC2(Oc3ccc(C(C)(C)N)cc3)c3ccccc3-c3ccccc32)cc1. The number of rotatable bonds is 6. The Morgan fingerprint density at radius 3 is 1.20 bits per heavy atom. The Labute approximate surface area is 207 Å². The molecule has 178 valence electrons. The predicted octanol–water partition coefficient (Wildman–Crippen LogP) is 6.41. The van der Waals surface area contributed by atoms with Crippen molar-refractivity contribution in [2.45, 2.75) is 44.6 Å². The minimum Gasteiger partial charge on any atom is -0.444 e. The lowest BCUT2D eigenvalue weighted by Crippen LogP contribution is -2.39. The molecule has 35 heavy (non-hydrogen) atoms. The van der Waals surface area contributed by atoms with Gasteiger partial charge < -0.3 is 20.9 Å². The van der Waals surface area contributed by atoms with Crippen LogP contribution in [0.3, 0.4) is 0 Å². The Kier molecular flexibility index (Phi) is 5.47. The van der Waals surface area contributed by atoms with Gasteiger partial charge in [-0.1, -0.05) is 72.8 Å². The molecule has 0 saturated carbocycles. The average molecular weight is 465 g/mol. The number of benzene rings is 4. The lowest BCUT2D eigenvalue weighted by atomic mass is 9.95. The van der Waals surface area contributed by atoms with Crippen LogP contribution in [0.15, 0.2) is 97.1 Å². The van der Waals surface area contributed by atoms with E-state index in [1.54, 1.807) is 0 Å². The summed E-state index contributed by atoms with van der Waals surface area (Å²) in [6.45, 7) is 7.96. The lowest BCUT2D eigenvalue weighted by molar-refractivity contribution is -0.0806. The second kappa shape index (κ2) is 8.26. The van der Waals surface area contributed by atoms with E-state index < -0.39 is 16.9 Å². The molecule has 0 heterocycles. The van der Waals surface area contributed by atoms with Crippen LogP contribution in [0.5, 0.6) is 11.5 Å². The first kappa shape index (κ1) is 23.2. The molecule has 4 heteroatoms. The molecule has 0 unspecified atom stereocenters. The third kappa shape index (κ3) is 4.20. The highest BCUT2D eigenvalue weighted by atomic mass is 16.7. The van der Waals surface area contributed by atoms with Crippen molar-refractivity contribution in [1.29, 1.82) is 0 Å². The van der Waals surface area contributed by atoms with Gasteiger partial charge in [-0.3, -0.25) is 0 Å². The smallest absolute Gasteiger partial charge is 0.306 e. The summed E-state index contributed by atoms with van der Waals surface area (Å²) in [6, 6.07) is 32.4. The molecule has 0 saturated heterocycles. The van der Waals surface area contributed by atoms with Crippen LogP contribution in [0.2, 0.25) is 0 Å². The predicted molar refractivity (Wildman–Crippen MR) is 141 cm³/mol. The topological polar surface area (TPSA) is 70.5 Å². The zero-order chi connectivity index (χ0) is 24.8. The van der Waals surface area contributed by atoms with Gasteiger partial charge in [0, 0.05) is 22.2 Å². The summed E-state index contributed by atoms with van der Waals surface area (Å²) < 4.78 is 13.6. The van der Waals surface area contributed by atoms with E-state index in [0.29, 0.717) is 11.5 Å². The lowest BCUT2D eigenvalue weighted by Gasteiger charge is -2.33. The fourth-order valence-corrected chi connectivity index (χ4v) is 4.63. The highest BCUT2D eigenvalue weighted by Crippen LogP contribution is 2.50. The Hall–Kier alpha value is -3.60. The van der Waals surface area contributed by atoms with Crippen molar-refractivity contribution >= 4 is 0 Å². The van der Waals surface area contributed by atoms with E-state index in [1.807, 2.05) is 100 Å². The second-order valence-electron chi connectivity index (χ2n) is 10.4. The van der Waals surface area contributed by atoms with Gasteiger partial charge in [-0.05, 0) is 74.2 Å². The van der Waals surface area contributed by atoms with Crippen molar-refractivity contribution < 1.29 is 9.47 Å². The van der Waals surface area contributed by atoms with Crippen molar-refractivity contribution in [2.24, 2.45) is 11.5 Å². The minimum absolute atomic E-state index is 0.433. The van der Waals surface area contributed by atoms with E-state index in [0.717, 1.165) is 33.4 Å². The maximum atomic E-state index is 6.80. The average Bonchev–Trinajstić information content (AvgIpc) is 3.09. The number of hydrogen-bond donors (Lipinski definition) is 2. The molecule has 0 atom stereocenters. The van der Waals surface area contributed by atoms with E-state index in [-0.39, 0.29) is 0 Å². The molecule has 1 aliphatic rings. The molecule has 0 aliphatic heterocycles. The molecule has 0 radical (unpaired) electrons. The highest BCUT2D eigenvalue weighted by Gasteiger charge is 2.48. The first-order valence-corrected chi connectivity index (χ1v) is 11.9. The summed E-state index contributed by atoms with van der Waals surface area (Å²) >= 11 is 0. The molecule has 0 spiro atoms. The standard InChI is InChI=1S/C31H32N2O2/c1-29(2,32)21-13-17-23(18-14-21)34-31(35-24-19-15-22(16-20-24)30(3,4)33)27-11-7-5-9-25(27)26-10-6-8-12-28(26)31/h5-20H,32-33H2,1-4H3. The van der Waals surface area contributed by atoms with Gasteiger partial charge in [-0.2, -0.15) is 0 Å². The fourth-order valence-electron chi connectivity index (χ4n) is 4.63. The Bertz CT molecular complexity index is 1240. The second-order valence-corrected chi connectivity index (χ2v) is 10.4. The molecule has 1 aliphatic carbocycles. The van der Waals surface area contributed by atoms with Gasteiger partial charge in [0.15, 0.2) is 0 Å². The number of nitrogens with two attached hydrogens (primary N) is 2. The molecule has 0 bridgehead atoms. The molecule has 4 aromatic carbocycles. The Balaban J connectivity index is 1.63. The number of ether oxygens (including phenoxy) is 2.